The van der Waals surface area contributed by atoms with Gasteiger partial charge >= 0.3 is 6.03 Å². The van der Waals surface area contributed by atoms with E-state index in [9.17, 15) is 9.59 Å². The van der Waals surface area contributed by atoms with Crippen LogP contribution in [0.4, 0.5) is 4.79 Å². The number of ether oxygens (including phenoxy) is 1. The molecule has 3 N–H and O–H groups in total. The quantitative estimate of drug-likeness (QED) is 0.734. The Morgan fingerprint density at radius 2 is 2.25 bits per heavy atom. The summed E-state index contributed by atoms with van der Waals surface area (Å²) in [7, 11) is 3.04. The molecule has 0 spiro atoms. The number of aromatic nitrogens is 2. The minimum absolute atomic E-state index is 0.102. The van der Waals surface area contributed by atoms with E-state index in [0.29, 0.717) is 5.16 Å². The third kappa shape index (κ3) is 3.41. The highest BCUT2D eigenvalue weighted by Gasteiger charge is 2.09. The maximum absolute atomic E-state index is 11.4. The highest BCUT2D eigenvalue weighted by molar-refractivity contribution is 7.99. The molecule has 0 aliphatic rings. The van der Waals surface area contributed by atoms with Crippen molar-refractivity contribution in [2.24, 2.45) is 0 Å². The first-order valence-electron chi connectivity index (χ1n) is 5.80. The molecule has 7 nitrogen and oxygen atoms in total. The van der Waals surface area contributed by atoms with Crippen LogP contribution in [-0.2, 0) is 4.79 Å². The Bertz CT molecular complexity index is 641. The number of methoxy groups -OCH3 is 1. The van der Waals surface area contributed by atoms with E-state index in [1.807, 2.05) is 18.2 Å². The number of nitrogens with one attached hydrogen (secondary N) is 3. The van der Waals surface area contributed by atoms with Gasteiger partial charge in [-0.25, -0.2) is 9.78 Å². The average molecular weight is 294 g/mol. The Labute approximate surface area is 119 Å². The second-order valence-corrected chi connectivity index (χ2v) is 4.81. The first-order chi connectivity index (χ1) is 9.62. The fourth-order valence-electron chi connectivity index (χ4n) is 1.52. The molecule has 0 saturated carbocycles. The van der Waals surface area contributed by atoms with Gasteiger partial charge in [0.1, 0.15) is 5.75 Å². The second-order valence-electron chi connectivity index (χ2n) is 3.84. The summed E-state index contributed by atoms with van der Waals surface area (Å²) < 4.78 is 5.12. The van der Waals surface area contributed by atoms with Crippen LogP contribution in [0.1, 0.15) is 0 Å². The Kier molecular flexibility index (Phi) is 4.46. The summed E-state index contributed by atoms with van der Waals surface area (Å²) in [5, 5.41) is 5.10. The lowest BCUT2D eigenvalue weighted by molar-refractivity contribution is -0.117. The number of rotatable bonds is 4. The van der Waals surface area contributed by atoms with Gasteiger partial charge in [-0.2, -0.15) is 0 Å². The molecule has 0 fully saturated rings. The Morgan fingerprint density at radius 1 is 1.45 bits per heavy atom. The third-order valence-corrected chi connectivity index (χ3v) is 3.36. The Morgan fingerprint density at radius 3 is 2.95 bits per heavy atom. The fraction of sp³-hybridized carbons (Fsp3) is 0.250. The van der Waals surface area contributed by atoms with E-state index in [1.54, 1.807) is 7.11 Å². The summed E-state index contributed by atoms with van der Waals surface area (Å²) in [5.41, 5.74) is 1.62. The molecule has 1 aromatic heterocycles. The smallest absolute Gasteiger partial charge is 0.321 e. The van der Waals surface area contributed by atoms with E-state index < -0.39 is 6.03 Å². The highest BCUT2D eigenvalue weighted by Crippen LogP contribution is 2.22. The standard InChI is InChI=1S/C12H14N4O3S/c1-13-11(18)16-10(17)6-20-12-14-8-4-3-7(19-2)5-9(8)15-12/h3-5H,6H2,1-2H3,(H,14,15)(H2,13,16,17,18). The maximum atomic E-state index is 11.4. The van der Waals surface area contributed by atoms with Gasteiger partial charge in [-0.15, -0.1) is 0 Å². The molecule has 106 valence electrons. The number of urea groups is 1. The van der Waals surface area contributed by atoms with Gasteiger partial charge in [0.15, 0.2) is 5.16 Å². The molecule has 0 saturated heterocycles. The maximum Gasteiger partial charge on any atom is 0.321 e. The van der Waals surface area contributed by atoms with E-state index in [2.05, 4.69) is 20.6 Å². The molecule has 2 rings (SSSR count). The van der Waals surface area contributed by atoms with Gasteiger partial charge in [-0.1, -0.05) is 11.8 Å². The van der Waals surface area contributed by atoms with Gasteiger partial charge in [0.05, 0.1) is 23.9 Å². The van der Waals surface area contributed by atoms with Gasteiger partial charge in [0.25, 0.3) is 0 Å². The van der Waals surface area contributed by atoms with Crippen molar-refractivity contribution < 1.29 is 14.3 Å². The molecule has 2 aromatic rings. The van der Waals surface area contributed by atoms with Gasteiger partial charge < -0.3 is 15.0 Å². The van der Waals surface area contributed by atoms with E-state index >= 15 is 0 Å². The van der Waals surface area contributed by atoms with Crippen LogP contribution in [0, 0.1) is 0 Å². The van der Waals surface area contributed by atoms with Crippen LogP contribution in [-0.4, -0.2) is 41.8 Å². The van der Waals surface area contributed by atoms with Crippen LogP contribution in [0.5, 0.6) is 5.75 Å². The monoisotopic (exact) mass is 294 g/mol. The third-order valence-electron chi connectivity index (χ3n) is 2.49. The van der Waals surface area contributed by atoms with E-state index in [1.165, 1.54) is 18.8 Å². The number of nitrogens with zero attached hydrogens (tertiary/aromatic N) is 1. The SMILES string of the molecule is CNC(=O)NC(=O)CSc1nc2ccc(OC)cc2[nH]1. The van der Waals surface area contributed by atoms with Crippen LogP contribution in [0.15, 0.2) is 23.4 Å². The molecule has 8 heteroatoms. The van der Waals surface area contributed by atoms with Crippen LogP contribution in [0.3, 0.4) is 0 Å². The molecular formula is C12H14N4O3S. The van der Waals surface area contributed by atoms with Crippen LogP contribution in [0.2, 0.25) is 0 Å². The zero-order valence-electron chi connectivity index (χ0n) is 11.0. The highest BCUT2D eigenvalue weighted by atomic mass is 32.2. The fourth-order valence-corrected chi connectivity index (χ4v) is 2.20. The van der Waals surface area contributed by atoms with Gasteiger partial charge in [-0.05, 0) is 12.1 Å². The van der Waals surface area contributed by atoms with Crippen LogP contribution in [0.25, 0.3) is 11.0 Å². The number of hydrogen-bond acceptors (Lipinski definition) is 5. The first-order valence-corrected chi connectivity index (χ1v) is 6.79. The number of carbonyl (C=O) groups is 2. The van der Waals surface area contributed by atoms with Crippen molar-refractivity contribution >= 4 is 34.7 Å². The molecule has 0 aliphatic heterocycles. The predicted octanol–water partition coefficient (Wildman–Crippen LogP) is 1.12. The minimum Gasteiger partial charge on any atom is -0.497 e. The summed E-state index contributed by atoms with van der Waals surface area (Å²) in [6.07, 6.45) is 0. The Hall–Kier alpha value is -2.22. The lowest BCUT2D eigenvalue weighted by Crippen LogP contribution is -2.38. The first kappa shape index (κ1) is 14.2. The molecule has 1 aromatic carbocycles. The Balaban J connectivity index is 1.99. The molecule has 1 heterocycles. The summed E-state index contributed by atoms with van der Waals surface area (Å²) >= 11 is 1.22. The number of benzene rings is 1. The molecule has 0 atom stereocenters. The van der Waals surface area contributed by atoms with Crippen molar-refractivity contribution in [2.75, 3.05) is 19.9 Å². The number of H-pyrrole nitrogens is 1. The lowest BCUT2D eigenvalue weighted by Gasteiger charge is -2.01. The number of amides is 3. The molecule has 0 bridgehead atoms. The molecule has 0 radical (unpaired) electrons. The van der Waals surface area contributed by atoms with Crippen molar-refractivity contribution in [1.29, 1.82) is 0 Å². The number of aromatic amines is 1. The molecular weight excluding hydrogens is 280 g/mol. The largest absolute Gasteiger partial charge is 0.497 e. The van der Waals surface area contributed by atoms with Crippen LogP contribution >= 0.6 is 11.8 Å². The van der Waals surface area contributed by atoms with Crippen molar-refractivity contribution in [3.8, 4) is 5.75 Å². The van der Waals surface area contributed by atoms with Gasteiger partial charge in [0.2, 0.25) is 5.91 Å². The molecule has 0 aliphatic carbocycles. The van der Waals surface area contributed by atoms with Crippen molar-refractivity contribution in [3.63, 3.8) is 0 Å². The topological polar surface area (TPSA) is 96.1 Å². The number of imidazole rings is 1. The van der Waals surface area contributed by atoms with E-state index in [-0.39, 0.29) is 11.7 Å². The van der Waals surface area contributed by atoms with Crippen LogP contribution < -0.4 is 15.4 Å². The molecule has 0 unspecified atom stereocenters. The summed E-state index contributed by atoms with van der Waals surface area (Å²) in [5.74, 6) is 0.451. The van der Waals surface area contributed by atoms with Crippen molar-refractivity contribution in [1.82, 2.24) is 20.6 Å². The van der Waals surface area contributed by atoms with Gasteiger partial charge in [-0.3, -0.25) is 10.1 Å². The van der Waals surface area contributed by atoms with Gasteiger partial charge in [0, 0.05) is 13.1 Å². The number of carbonyl (C=O) groups excluding carboxylic acids is 2. The molecule has 3 amide bonds. The van der Waals surface area contributed by atoms with Crippen molar-refractivity contribution in [3.05, 3.63) is 18.2 Å². The lowest BCUT2D eigenvalue weighted by atomic mass is 10.3. The predicted molar refractivity (Wildman–Crippen MR) is 76.0 cm³/mol. The zero-order valence-corrected chi connectivity index (χ0v) is 11.8. The second kappa shape index (κ2) is 6.29. The van der Waals surface area contributed by atoms with E-state index in [0.717, 1.165) is 16.8 Å². The number of imide groups is 1. The summed E-state index contributed by atoms with van der Waals surface area (Å²) in [6.45, 7) is 0. The minimum atomic E-state index is -0.523. The van der Waals surface area contributed by atoms with E-state index in [4.69, 9.17) is 4.74 Å². The average Bonchev–Trinajstić information content (AvgIpc) is 2.86. The summed E-state index contributed by atoms with van der Waals surface area (Å²) in [4.78, 5) is 29.8. The zero-order chi connectivity index (χ0) is 14.5. The summed E-state index contributed by atoms with van der Waals surface area (Å²) in [6, 6.07) is 4.96. The number of hydrogen-bond donors (Lipinski definition) is 3. The van der Waals surface area contributed by atoms with Crippen molar-refractivity contribution in [2.45, 2.75) is 5.16 Å². The number of fused-ring (bicyclic) bond motifs is 1. The normalized spacial score (nSPS) is 10.3. The number of thioether (sulfide) groups is 1. The molecule has 20 heavy (non-hydrogen) atoms.